The molecule has 1 N–H and O–H groups in total. The third-order valence-electron chi connectivity index (χ3n) is 5.62. The molecule has 4 rings (SSSR count). The van der Waals surface area contributed by atoms with Crippen LogP contribution in [0.15, 0.2) is 35.0 Å². The molecule has 1 saturated heterocycles. The summed E-state index contributed by atoms with van der Waals surface area (Å²) < 4.78 is 26.3. The number of nitrogens with zero attached hydrogens (tertiary/aromatic N) is 3. The van der Waals surface area contributed by atoms with Crippen LogP contribution in [0.1, 0.15) is 40.7 Å². The zero-order chi connectivity index (χ0) is 20.4. The molecule has 2 aromatic rings. The number of thiophene rings is 1. The second-order valence-electron chi connectivity index (χ2n) is 7.68. The minimum Gasteiger partial charge on any atom is -0.310 e. The molecule has 1 atom stereocenters. The fourth-order valence-electron chi connectivity index (χ4n) is 4.12. The minimum absolute atomic E-state index is 0.0616. The molecule has 0 aromatic carbocycles. The van der Waals surface area contributed by atoms with Crippen molar-refractivity contribution in [2.75, 3.05) is 25.4 Å². The van der Waals surface area contributed by atoms with E-state index in [4.69, 9.17) is 4.98 Å². The lowest BCUT2D eigenvalue weighted by atomic mass is 9.98. The van der Waals surface area contributed by atoms with Crippen LogP contribution in [0.25, 0.3) is 0 Å². The third-order valence-corrected chi connectivity index (χ3v) is 8.25. The molecule has 0 amide bonds. The number of hydrogen-bond donors (Lipinski definition) is 1. The first-order valence-corrected chi connectivity index (χ1v) is 12.4. The number of aromatic amines is 1. The van der Waals surface area contributed by atoms with Gasteiger partial charge in [0.25, 0.3) is 5.56 Å². The van der Waals surface area contributed by atoms with Crippen molar-refractivity contribution in [3.8, 4) is 0 Å². The number of nitrogens with one attached hydrogen (secondary N) is 1. The highest BCUT2D eigenvalue weighted by atomic mass is 32.2. The summed E-state index contributed by atoms with van der Waals surface area (Å²) in [7, 11) is -3.34. The van der Waals surface area contributed by atoms with Gasteiger partial charge in [0.05, 0.1) is 17.0 Å². The number of fused-ring (bicyclic) bond motifs is 1. The van der Waals surface area contributed by atoms with Gasteiger partial charge in [0.2, 0.25) is 10.0 Å². The lowest BCUT2D eigenvalue weighted by Crippen LogP contribution is -2.41. The molecule has 0 saturated carbocycles. The van der Waals surface area contributed by atoms with E-state index in [2.05, 4.69) is 27.9 Å². The van der Waals surface area contributed by atoms with Crippen molar-refractivity contribution >= 4 is 21.4 Å². The van der Waals surface area contributed by atoms with E-state index in [1.165, 1.54) is 15.3 Å². The number of rotatable bonds is 6. The molecule has 4 heterocycles. The number of H-pyrrole nitrogens is 1. The van der Waals surface area contributed by atoms with Gasteiger partial charge in [-0.1, -0.05) is 12.1 Å². The Labute approximate surface area is 175 Å². The SMILES string of the molecule is C=CCS(=O)(=O)N1CCCC(c2nc3c(c(=O)[nH]2)CN(Cc2cccs2)CC3)C1. The van der Waals surface area contributed by atoms with Gasteiger partial charge in [-0.3, -0.25) is 9.69 Å². The second kappa shape index (κ2) is 8.51. The Kier molecular flexibility index (Phi) is 6.00. The van der Waals surface area contributed by atoms with Gasteiger partial charge < -0.3 is 4.98 Å². The van der Waals surface area contributed by atoms with E-state index in [1.54, 1.807) is 11.3 Å². The lowest BCUT2D eigenvalue weighted by molar-refractivity contribution is 0.242. The van der Waals surface area contributed by atoms with Crippen molar-refractivity contribution in [3.63, 3.8) is 0 Å². The van der Waals surface area contributed by atoms with Crippen LogP contribution in [0, 0.1) is 0 Å². The van der Waals surface area contributed by atoms with Gasteiger partial charge in [-0.25, -0.2) is 17.7 Å². The summed E-state index contributed by atoms with van der Waals surface area (Å²) in [6, 6.07) is 4.16. The third kappa shape index (κ3) is 4.53. The molecule has 0 bridgehead atoms. The normalized spacial score (nSPS) is 21.0. The second-order valence-corrected chi connectivity index (χ2v) is 10.7. The smallest absolute Gasteiger partial charge is 0.255 e. The summed E-state index contributed by atoms with van der Waals surface area (Å²) in [5.74, 6) is 0.484. The highest BCUT2D eigenvalue weighted by Gasteiger charge is 2.31. The maximum atomic E-state index is 12.8. The lowest BCUT2D eigenvalue weighted by Gasteiger charge is -2.32. The Balaban J connectivity index is 1.51. The van der Waals surface area contributed by atoms with Crippen molar-refractivity contribution in [2.45, 2.75) is 38.3 Å². The molecule has 0 aliphatic carbocycles. The molecule has 9 heteroatoms. The first-order chi connectivity index (χ1) is 14.0. The van der Waals surface area contributed by atoms with Crippen molar-refractivity contribution < 1.29 is 8.42 Å². The summed E-state index contributed by atoms with van der Waals surface area (Å²) in [5.41, 5.74) is 1.51. The molecular formula is C20H26N4O3S2. The van der Waals surface area contributed by atoms with E-state index in [-0.39, 0.29) is 17.2 Å². The number of hydrogen-bond acceptors (Lipinski definition) is 6. The summed E-state index contributed by atoms with van der Waals surface area (Å²) in [4.78, 5) is 24.1. The van der Waals surface area contributed by atoms with E-state index in [0.717, 1.165) is 43.6 Å². The molecule has 0 spiro atoms. The van der Waals surface area contributed by atoms with Crippen LogP contribution in [0.4, 0.5) is 0 Å². The van der Waals surface area contributed by atoms with E-state index < -0.39 is 10.0 Å². The van der Waals surface area contributed by atoms with Crippen LogP contribution in [-0.4, -0.2) is 53.0 Å². The van der Waals surface area contributed by atoms with Gasteiger partial charge in [-0.05, 0) is 24.3 Å². The predicted octanol–water partition coefficient (Wildman–Crippen LogP) is 2.08. The van der Waals surface area contributed by atoms with Crippen LogP contribution < -0.4 is 5.56 Å². The average Bonchev–Trinajstić information content (AvgIpc) is 3.21. The first kappa shape index (κ1) is 20.5. The zero-order valence-electron chi connectivity index (χ0n) is 16.3. The molecule has 2 aliphatic heterocycles. The molecule has 2 aliphatic rings. The van der Waals surface area contributed by atoms with E-state index in [1.807, 2.05) is 6.07 Å². The topological polar surface area (TPSA) is 86.4 Å². The van der Waals surface area contributed by atoms with E-state index in [0.29, 0.717) is 25.5 Å². The van der Waals surface area contributed by atoms with Crippen molar-refractivity contribution in [1.29, 1.82) is 0 Å². The summed E-state index contributed by atoms with van der Waals surface area (Å²) in [6.45, 7) is 6.72. The number of sulfonamides is 1. The maximum absolute atomic E-state index is 12.8. The van der Waals surface area contributed by atoms with Gasteiger partial charge in [0.1, 0.15) is 5.82 Å². The van der Waals surface area contributed by atoms with Crippen molar-refractivity contribution in [2.24, 2.45) is 0 Å². The monoisotopic (exact) mass is 434 g/mol. The van der Waals surface area contributed by atoms with Crippen molar-refractivity contribution in [3.05, 3.63) is 62.5 Å². The van der Waals surface area contributed by atoms with E-state index >= 15 is 0 Å². The van der Waals surface area contributed by atoms with Gasteiger partial charge in [-0.15, -0.1) is 17.9 Å². The van der Waals surface area contributed by atoms with Crippen LogP contribution in [-0.2, 0) is 29.5 Å². The van der Waals surface area contributed by atoms with Crippen LogP contribution in [0.5, 0.6) is 0 Å². The molecule has 2 aromatic heterocycles. The Hall–Kier alpha value is -1.81. The number of piperidine rings is 1. The predicted molar refractivity (Wildman–Crippen MR) is 115 cm³/mol. The van der Waals surface area contributed by atoms with Crippen molar-refractivity contribution in [1.82, 2.24) is 19.2 Å². The zero-order valence-corrected chi connectivity index (χ0v) is 18.0. The van der Waals surface area contributed by atoms with Gasteiger partial charge in [-0.2, -0.15) is 0 Å². The molecule has 0 radical (unpaired) electrons. The minimum atomic E-state index is -3.34. The average molecular weight is 435 g/mol. The Morgan fingerprint density at radius 3 is 3.00 bits per heavy atom. The van der Waals surface area contributed by atoms with E-state index in [9.17, 15) is 13.2 Å². The summed E-state index contributed by atoms with van der Waals surface area (Å²) >= 11 is 1.73. The Bertz CT molecular complexity index is 1030. The molecule has 1 fully saturated rings. The number of aromatic nitrogens is 2. The Morgan fingerprint density at radius 1 is 1.38 bits per heavy atom. The molecule has 1 unspecified atom stereocenters. The highest BCUT2D eigenvalue weighted by molar-refractivity contribution is 7.89. The quantitative estimate of drug-likeness (QED) is 0.704. The van der Waals surface area contributed by atoms with Crippen LogP contribution in [0.3, 0.4) is 0 Å². The largest absolute Gasteiger partial charge is 0.310 e. The first-order valence-electron chi connectivity index (χ1n) is 9.91. The summed E-state index contributed by atoms with van der Waals surface area (Å²) in [6.07, 6.45) is 3.74. The van der Waals surface area contributed by atoms with Gasteiger partial charge in [0, 0.05) is 49.9 Å². The standard InChI is InChI=1S/C20H26N4O3S2/c1-2-11-29(26,27)24-8-3-5-15(12-24)19-21-18-7-9-23(13-16-6-4-10-28-16)14-17(18)20(25)22-19/h2,4,6,10,15H,1,3,5,7-9,11-14H2,(H,21,22,25). The fraction of sp³-hybridized carbons (Fsp3) is 0.500. The maximum Gasteiger partial charge on any atom is 0.255 e. The molecular weight excluding hydrogens is 408 g/mol. The van der Waals surface area contributed by atoms with Gasteiger partial charge >= 0.3 is 0 Å². The Morgan fingerprint density at radius 2 is 2.24 bits per heavy atom. The van der Waals surface area contributed by atoms with Crippen LogP contribution >= 0.6 is 11.3 Å². The highest BCUT2D eigenvalue weighted by Crippen LogP contribution is 2.27. The van der Waals surface area contributed by atoms with Gasteiger partial charge in [0.15, 0.2) is 0 Å². The van der Waals surface area contributed by atoms with Crippen LogP contribution in [0.2, 0.25) is 0 Å². The molecule has 29 heavy (non-hydrogen) atoms. The molecule has 7 nitrogen and oxygen atoms in total. The fourth-order valence-corrected chi connectivity index (χ4v) is 6.19. The summed E-state index contributed by atoms with van der Waals surface area (Å²) in [5, 5.41) is 2.07. The molecule has 156 valence electrons.